The van der Waals surface area contributed by atoms with E-state index in [4.69, 9.17) is 4.74 Å². The number of carbonyl (C=O) groups is 1. The average Bonchev–Trinajstić information content (AvgIpc) is 2.56. The van der Waals surface area contributed by atoms with Crippen molar-refractivity contribution in [3.8, 4) is 0 Å². The Morgan fingerprint density at radius 3 is 2.26 bits per heavy atom. The Labute approximate surface area is 115 Å². The summed E-state index contributed by atoms with van der Waals surface area (Å²) >= 11 is 0. The summed E-state index contributed by atoms with van der Waals surface area (Å²) in [7, 11) is 0. The van der Waals surface area contributed by atoms with Crippen molar-refractivity contribution in [2.75, 3.05) is 0 Å². The second-order valence-corrected chi connectivity index (χ2v) is 6.11. The van der Waals surface area contributed by atoms with Gasteiger partial charge in [-0.15, -0.1) is 0 Å². The van der Waals surface area contributed by atoms with E-state index in [1.165, 1.54) is 0 Å². The van der Waals surface area contributed by atoms with Crippen LogP contribution in [0.15, 0.2) is 0 Å². The maximum Gasteiger partial charge on any atom is 0.408 e. The van der Waals surface area contributed by atoms with Gasteiger partial charge in [-0.2, -0.15) is 0 Å². The molecule has 0 radical (unpaired) electrons. The van der Waals surface area contributed by atoms with E-state index in [1.54, 1.807) is 0 Å². The molecule has 0 aliphatic rings. The molecule has 0 saturated heterocycles. The summed E-state index contributed by atoms with van der Waals surface area (Å²) in [5.41, 5.74) is 0.899. The molecule has 1 heterocycles. The summed E-state index contributed by atoms with van der Waals surface area (Å²) in [5, 5.41) is 2.90. The topological polar surface area (TPSA) is 67.0 Å². The molecule has 1 rings (SSSR count). The van der Waals surface area contributed by atoms with Crippen LogP contribution in [-0.4, -0.2) is 21.7 Å². The summed E-state index contributed by atoms with van der Waals surface area (Å²) in [6, 6.07) is 0. The lowest BCUT2D eigenvalue weighted by molar-refractivity contribution is 0.0453. The minimum absolute atomic E-state index is 0.427. The Morgan fingerprint density at radius 1 is 1.32 bits per heavy atom. The molecular formula is C14H25N3O2. The van der Waals surface area contributed by atoms with Crippen LogP contribution in [0, 0.1) is 13.8 Å². The van der Waals surface area contributed by atoms with E-state index in [9.17, 15) is 4.79 Å². The van der Waals surface area contributed by atoms with Gasteiger partial charge in [0.25, 0.3) is 0 Å². The molecule has 1 aromatic rings. The number of ether oxygens (including phenoxy) is 1. The molecule has 0 bridgehead atoms. The number of aromatic nitrogens is 2. The van der Waals surface area contributed by atoms with Crippen LogP contribution in [0.4, 0.5) is 4.79 Å². The number of rotatable bonds is 3. The number of hydrogen-bond donors (Lipinski definition) is 2. The first-order chi connectivity index (χ1) is 8.57. The minimum Gasteiger partial charge on any atom is -0.444 e. The first-order valence-corrected chi connectivity index (χ1v) is 6.62. The summed E-state index contributed by atoms with van der Waals surface area (Å²) in [6.07, 6.45) is 0.294. The van der Waals surface area contributed by atoms with Gasteiger partial charge in [0.1, 0.15) is 11.4 Å². The number of aryl methyl sites for hydroxylation is 2. The van der Waals surface area contributed by atoms with Crippen LogP contribution in [0.5, 0.6) is 0 Å². The number of aromatic amines is 1. The van der Waals surface area contributed by atoms with Gasteiger partial charge >= 0.3 is 6.09 Å². The van der Waals surface area contributed by atoms with Crippen LogP contribution in [0.3, 0.4) is 0 Å². The summed E-state index contributed by atoms with van der Waals surface area (Å²) in [5.74, 6) is 0.760. The van der Waals surface area contributed by atoms with Crippen molar-refractivity contribution in [3.63, 3.8) is 0 Å². The number of nitrogens with zero attached hydrogens (tertiary/aromatic N) is 1. The SMILES string of the molecule is CCC(C)(NC(=O)OC(C)(C)C)c1nc(C)c(C)[nH]1. The van der Waals surface area contributed by atoms with E-state index in [1.807, 2.05) is 48.5 Å². The zero-order valence-corrected chi connectivity index (χ0v) is 13.0. The normalized spacial score (nSPS) is 14.9. The van der Waals surface area contributed by atoms with Crippen molar-refractivity contribution in [1.29, 1.82) is 0 Å². The molecule has 0 saturated carbocycles. The quantitative estimate of drug-likeness (QED) is 0.884. The molecule has 1 amide bonds. The Kier molecular flexibility index (Phi) is 4.28. The van der Waals surface area contributed by atoms with Gasteiger partial charge in [-0.1, -0.05) is 6.92 Å². The van der Waals surface area contributed by atoms with Crippen LogP contribution >= 0.6 is 0 Å². The Hall–Kier alpha value is -1.52. The van der Waals surface area contributed by atoms with Crippen molar-refractivity contribution in [3.05, 3.63) is 17.2 Å². The molecule has 0 fully saturated rings. The lowest BCUT2D eigenvalue weighted by Crippen LogP contribution is -2.46. The molecule has 0 aromatic carbocycles. The van der Waals surface area contributed by atoms with Gasteiger partial charge in [-0.25, -0.2) is 9.78 Å². The molecule has 5 heteroatoms. The fourth-order valence-electron chi connectivity index (χ4n) is 1.65. The number of alkyl carbamates (subject to hydrolysis) is 1. The first-order valence-electron chi connectivity index (χ1n) is 6.62. The monoisotopic (exact) mass is 267 g/mol. The fourth-order valence-corrected chi connectivity index (χ4v) is 1.65. The summed E-state index contributed by atoms with van der Waals surface area (Å²) in [4.78, 5) is 19.6. The van der Waals surface area contributed by atoms with Crippen LogP contribution in [0.1, 0.15) is 58.3 Å². The highest BCUT2D eigenvalue weighted by molar-refractivity contribution is 5.68. The van der Waals surface area contributed by atoms with Gasteiger partial charge in [0.2, 0.25) is 0 Å². The smallest absolute Gasteiger partial charge is 0.408 e. The number of amides is 1. The van der Waals surface area contributed by atoms with Gasteiger partial charge in [0.15, 0.2) is 0 Å². The highest BCUT2D eigenvalue weighted by Gasteiger charge is 2.32. The highest BCUT2D eigenvalue weighted by Crippen LogP contribution is 2.23. The Bertz CT molecular complexity index is 440. The van der Waals surface area contributed by atoms with Crippen LogP contribution in [0.25, 0.3) is 0 Å². The Balaban J connectivity index is 2.89. The van der Waals surface area contributed by atoms with E-state index in [-0.39, 0.29) is 0 Å². The summed E-state index contributed by atoms with van der Waals surface area (Å²) in [6.45, 7) is 13.4. The molecule has 1 aromatic heterocycles. The lowest BCUT2D eigenvalue weighted by Gasteiger charge is -2.29. The average molecular weight is 267 g/mol. The van der Waals surface area contributed by atoms with Gasteiger partial charge < -0.3 is 15.0 Å². The fraction of sp³-hybridized carbons (Fsp3) is 0.714. The molecule has 5 nitrogen and oxygen atoms in total. The van der Waals surface area contributed by atoms with E-state index < -0.39 is 17.2 Å². The molecule has 2 N–H and O–H groups in total. The maximum absolute atomic E-state index is 11.9. The standard InChI is InChI=1S/C14H25N3O2/c1-8-14(7,11-15-9(2)10(3)16-11)17-12(18)19-13(4,5)6/h8H2,1-7H3,(H,15,16)(H,17,18). The van der Waals surface area contributed by atoms with E-state index in [0.717, 1.165) is 23.6 Å². The molecule has 1 unspecified atom stereocenters. The third-order valence-corrected chi connectivity index (χ3v) is 3.13. The molecule has 0 aliphatic carbocycles. The molecule has 19 heavy (non-hydrogen) atoms. The number of hydrogen-bond acceptors (Lipinski definition) is 3. The second-order valence-electron chi connectivity index (χ2n) is 6.11. The highest BCUT2D eigenvalue weighted by atomic mass is 16.6. The van der Waals surface area contributed by atoms with Crippen LogP contribution in [-0.2, 0) is 10.3 Å². The van der Waals surface area contributed by atoms with Crippen molar-refractivity contribution >= 4 is 6.09 Å². The number of nitrogens with one attached hydrogen (secondary N) is 2. The largest absolute Gasteiger partial charge is 0.444 e. The van der Waals surface area contributed by atoms with Crippen molar-refractivity contribution in [1.82, 2.24) is 15.3 Å². The van der Waals surface area contributed by atoms with E-state index in [0.29, 0.717) is 0 Å². The number of H-pyrrole nitrogens is 1. The van der Waals surface area contributed by atoms with Gasteiger partial charge in [0.05, 0.1) is 11.2 Å². The lowest BCUT2D eigenvalue weighted by atomic mass is 9.98. The zero-order valence-electron chi connectivity index (χ0n) is 13.0. The predicted molar refractivity (Wildman–Crippen MR) is 75.1 cm³/mol. The van der Waals surface area contributed by atoms with Crippen LogP contribution in [0.2, 0.25) is 0 Å². The van der Waals surface area contributed by atoms with E-state index >= 15 is 0 Å². The second kappa shape index (κ2) is 5.23. The zero-order chi connectivity index (χ0) is 14.8. The van der Waals surface area contributed by atoms with Crippen molar-refractivity contribution in [2.45, 2.75) is 66.0 Å². The molecule has 108 valence electrons. The maximum atomic E-state index is 11.9. The molecule has 0 spiro atoms. The van der Waals surface area contributed by atoms with Crippen molar-refractivity contribution in [2.24, 2.45) is 0 Å². The minimum atomic E-state index is -0.554. The van der Waals surface area contributed by atoms with Gasteiger partial charge in [-0.3, -0.25) is 0 Å². The number of imidazole rings is 1. The van der Waals surface area contributed by atoms with Crippen molar-refractivity contribution < 1.29 is 9.53 Å². The predicted octanol–water partition coefficient (Wildman–Crippen LogP) is 3.18. The van der Waals surface area contributed by atoms with Crippen LogP contribution < -0.4 is 5.32 Å². The molecule has 0 aliphatic heterocycles. The first kappa shape index (κ1) is 15.5. The summed E-state index contributed by atoms with van der Waals surface area (Å²) < 4.78 is 5.30. The van der Waals surface area contributed by atoms with Gasteiger partial charge in [-0.05, 0) is 48.0 Å². The third-order valence-electron chi connectivity index (χ3n) is 3.13. The molecular weight excluding hydrogens is 242 g/mol. The van der Waals surface area contributed by atoms with Gasteiger partial charge in [0, 0.05) is 5.69 Å². The molecule has 1 atom stereocenters. The third kappa shape index (κ3) is 3.98. The van der Waals surface area contributed by atoms with E-state index in [2.05, 4.69) is 15.3 Å². The number of carbonyl (C=O) groups excluding carboxylic acids is 1. The Morgan fingerprint density at radius 2 is 1.89 bits per heavy atom.